The van der Waals surface area contributed by atoms with Crippen LogP contribution in [0.3, 0.4) is 0 Å². The van der Waals surface area contributed by atoms with E-state index in [-0.39, 0.29) is 0 Å². The first kappa shape index (κ1) is 13.6. The Morgan fingerprint density at radius 3 is 2.94 bits per heavy atom. The van der Waals surface area contributed by atoms with Gasteiger partial charge in [-0.1, -0.05) is 20.3 Å². The van der Waals surface area contributed by atoms with Crippen LogP contribution in [0.15, 0.2) is 15.9 Å². The van der Waals surface area contributed by atoms with Gasteiger partial charge >= 0.3 is 0 Å². The molecule has 1 N–H and O–H groups in total. The van der Waals surface area contributed by atoms with E-state index in [9.17, 15) is 0 Å². The van der Waals surface area contributed by atoms with Crippen LogP contribution in [0.2, 0.25) is 0 Å². The molecule has 0 aliphatic heterocycles. The molecule has 3 heteroatoms. The summed E-state index contributed by atoms with van der Waals surface area (Å²) in [4.78, 5) is 1.42. The highest BCUT2D eigenvalue weighted by molar-refractivity contribution is 9.10. The maximum absolute atomic E-state index is 3.72. The highest BCUT2D eigenvalue weighted by Gasteiger charge is 2.24. The minimum absolute atomic E-state index is 0.556. The molecule has 1 saturated carbocycles. The van der Waals surface area contributed by atoms with E-state index < -0.39 is 0 Å². The monoisotopic (exact) mass is 315 g/mol. The summed E-state index contributed by atoms with van der Waals surface area (Å²) in [6.07, 6.45) is 6.78. The summed E-state index contributed by atoms with van der Waals surface area (Å²) in [6.45, 7) is 5.83. The van der Waals surface area contributed by atoms with E-state index in [0.29, 0.717) is 11.5 Å². The lowest BCUT2D eigenvalue weighted by Gasteiger charge is -2.22. The summed E-state index contributed by atoms with van der Waals surface area (Å²) in [7, 11) is 0. The number of hydrogen-bond donors (Lipinski definition) is 1. The molecule has 1 nitrogen and oxygen atoms in total. The molecule has 1 unspecified atom stereocenters. The number of halogens is 1. The van der Waals surface area contributed by atoms with Gasteiger partial charge in [-0.05, 0) is 58.5 Å². The van der Waals surface area contributed by atoms with E-state index in [1.807, 2.05) is 11.3 Å². The van der Waals surface area contributed by atoms with Gasteiger partial charge in [0, 0.05) is 21.9 Å². The molecule has 1 aromatic rings. The maximum Gasteiger partial charge on any atom is 0.0327 e. The van der Waals surface area contributed by atoms with Gasteiger partial charge in [0.1, 0.15) is 0 Å². The number of nitrogens with one attached hydrogen (secondary N) is 1. The van der Waals surface area contributed by atoms with Crippen LogP contribution >= 0.6 is 27.3 Å². The Morgan fingerprint density at radius 1 is 1.41 bits per heavy atom. The summed E-state index contributed by atoms with van der Waals surface area (Å²) in [5.41, 5.74) is 0.556. The van der Waals surface area contributed by atoms with Crippen molar-refractivity contribution in [2.24, 2.45) is 5.41 Å². The highest BCUT2D eigenvalue weighted by Crippen LogP contribution is 2.34. The summed E-state index contributed by atoms with van der Waals surface area (Å²) in [5.74, 6) is 0. The molecule has 17 heavy (non-hydrogen) atoms. The molecule has 96 valence electrons. The molecule has 0 aromatic carbocycles. The zero-order valence-corrected chi connectivity index (χ0v) is 13.2. The van der Waals surface area contributed by atoms with E-state index in [0.717, 1.165) is 6.54 Å². The molecule has 0 spiro atoms. The molecule has 0 radical (unpaired) electrons. The van der Waals surface area contributed by atoms with Crippen LogP contribution in [0.1, 0.15) is 50.8 Å². The van der Waals surface area contributed by atoms with Crippen molar-refractivity contribution >= 4 is 27.3 Å². The molecule has 2 rings (SSSR count). The Kier molecular flexibility index (Phi) is 4.67. The average Bonchev–Trinajstić information content (AvgIpc) is 2.58. The van der Waals surface area contributed by atoms with Gasteiger partial charge in [-0.2, -0.15) is 0 Å². The zero-order chi connectivity index (χ0) is 12.3. The fraction of sp³-hybridized carbons (Fsp3) is 0.714. The standard InChI is InChI=1S/C14H22BrNS/c1-14(2)7-3-4-11(5-8-14)16-10-13-12(15)6-9-17-13/h6,9,11,16H,3-5,7-8,10H2,1-2H3. The summed E-state index contributed by atoms with van der Waals surface area (Å²) in [6, 6.07) is 2.85. The second-order valence-corrected chi connectivity index (χ2v) is 7.72. The first-order chi connectivity index (χ1) is 8.07. The van der Waals surface area contributed by atoms with Crippen molar-refractivity contribution in [2.45, 2.75) is 58.5 Å². The van der Waals surface area contributed by atoms with Crippen molar-refractivity contribution < 1.29 is 0 Å². The SMILES string of the molecule is CC1(C)CCCC(NCc2sccc2Br)CC1. The number of hydrogen-bond acceptors (Lipinski definition) is 2. The second-order valence-electron chi connectivity index (χ2n) is 5.86. The van der Waals surface area contributed by atoms with Gasteiger partial charge in [0.15, 0.2) is 0 Å². The summed E-state index contributed by atoms with van der Waals surface area (Å²) >= 11 is 5.43. The minimum Gasteiger partial charge on any atom is -0.309 e. The molecule has 0 amide bonds. The van der Waals surface area contributed by atoms with E-state index >= 15 is 0 Å². The Hall–Kier alpha value is 0.140. The third-order valence-electron chi connectivity index (χ3n) is 3.82. The van der Waals surface area contributed by atoms with Gasteiger partial charge in [0.05, 0.1) is 0 Å². The molecular weight excluding hydrogens is 294 g/mol. The second kappa shape index (κ2) is 5.85. The molecule has 1 aromatic heterocycles. The molecular formula is C14H22BrNS. The minimum atomic E-state index is 0.556. The predicted molar refractivity (Wildman–Crippen MR) is 79.5 cm³/mol. The van der Waals surface area contributed by atoms with Gasteiger partial charge in [-0.3, -0.25) is 0 Å². The van der Waals surface area contributed by atoms with Gasteiger partial charge < -0.3 is 5.32 Å². The predicted octanol–water partition coefficient (Wildman–Crippen LogP) is 4.96. The summed E-state index contributed by atoms with van der Waals surface area (Å²) in [5, 5.41) is 5.87. The number of thiophene rings is 1. The Morgan fingerprint density at radius 2 is 2.24 bits per heavy atom. The summed E-state index contributed by atoms with van der Waals surface area (Å²) < 4.78 is 1.25. The number of rotatable bonds is 3. The van der Waals surface area contributed by atoms with Gasteiger partial charge in [0.2, 0.25) is 0 Å². The van der Waals surface area contributed by atoms with Crippen molar-refractivity contribution in [2.75, 3.05) is 0 Å². The molecule has 0 bridgehead atoms. The van der Waals surface area contributed by atoms with Crippen molar-refractivity contribution in [3.63, 3.8) is 0 Å². The van der Waals surface area contributed by atoms with Crippen LogP contribution in [-0.2, 0) is 6.54 Å². The normalized spacial score (nSPS) is 24.5. The average molecular weight is 316 g/mol. The Bertz CT molecular complexity index is 359. The van der Waals surface area contributed by atoms with Gasteiger partial charge in [-0.15, -0.1) is 11.3 Å². The van der Waals surface area contributed by atoms with E-state index in [4.69, 9.17) is 0 Å². The van der Waals surface area contributed by atoms with Crippen LogP contribution < -0.4 is 5.32 Å². The van der Waals surface area contributed by atoms with Crippen LogP contribution in [0.5, 0.6) is 0 Å². The highest BCUT2D eigenvalue weighted by atomic mass is 79.9. The van der Waals surface area contributed by atoms with Crippen molar-refractivity contribution in [1.82, 2.24) is 5.32 Å². The fourth-order valence-electron chi connectivity index (χ4n) is 2.55. The van der Waals surface area contributed by atoms with Crippen molar-refractivity contribution in [3.05, 3.63) is 20.8 Å². The van der Waals surface area contributed by atoms with E-state index in [2.05, 4.69) is 46.5 Å². The van der Waals surface area contributed by atoms with E-state index in [1.54, 1.807) is 0 Å². The van der Waals surface area contributed by atoms with Gasteiger partial charge in [-0.25, -0.2) is 0 Å². The lowest BCUT2D eigenvalue weighted by molar-refractivity contribution is 0.309. The first-order valence-electron chi connectivity index (χ1n) is 6.52. The van der Waals surface area contributed by atoms with E-state index in [1.165, 1.54) is 41.5 Å². The van der Waals surface area contributed by atoms with Crippen LogP contribution in [-0.4, -0.2) is 6.04 Å². The molecule has 0 saturated heterocycles. The molecule has 1 fully saturated rings. The molecule has 1 atom stereocenters. The third-order valence-corrected chi connectivity index (χ3v) is 5.74. The van der Waals surface area contributed by atoms with Gasteiger partial charge in [0.25, 0.3) is 0 Å². The molecule has 1 aliphatic carbocycles. The molecule has 1 heterocycles. The fourth-order valence-corrected chi connectivity index (χ4v) is 4.00. The van der Waals surface area contributed by atoms with Crippen LogP contribution in [0.4, 0.5) is 0 Å². The van der Waals surface area contributed by atoms with Crippen LogP contribution in [0.25, 0.3) is 0 Å². The van der Waals surface area contributed by atoms with Crippen molar-refractivity contribution in [3.8, 4) is 0 Å². The zero-order valence-electron chi connectivity index (χ0n) is 10.8. The third kappa shape index (κ3) is 4.08. The maximum atomic E-state index is 3.72. The largest absolute Gasteiger partial charge is 0.309 e. The topological polar surface area (TPSA) is 12.0 Å². The quantitative estimate of drug-likeness (QED) is 0.777. The lowest BCUT2D eigenvalue weighted by Crippen LogP contribution is -2.28. The Labute approximate surface area is 117 Å². The molecule has 1 aliphatic rings. The Balaban J connectivity index is 1.82. The first-order valence-corrected chi connectivity index (χ1v) is 8.19. The smallest absolute Gasteiger partial charge is 0.0327 e. The van der Waals surface area contributed by atoms with Crippen molar-refractivity contribution in [1.29, 1.82) is 0 Å². The lowest BCUT2D eigenvalue weighted by atomic mass is 9.85. The van der Waals surface area contributed by atoms with Crippen LogP contribution in [0, 0.1) is 5.41 Å².